The first kappa shape index (κ1) is 18.5. The molecule has 3 heterocycles. The summed E-state index contributed by atoms with van der Waals surface area (Å²) in [6.45, 7) is 1.45. The fourth-order valence-electron chi connectivity index (χ4n) is 3.57. The van der Waals surface area contributed by atoms with Crippen molar-refractivity contribution in [3.8, 4) is 0 Å². The first-order valence-electron chi connectivity index (χ1n) is 9.69. The number of fused-ring (bicyclic) bond motifs is 1. The summed E-state index contributed by atoms with van der Waals surface area (Å²) in [5, 5.41) is 3.28. The van der Waals surface area contributed by atoms with Gasteiger partial charge in [0.25, 0.3) is 0 Å². The highest BCUT2D eigenvalue weighted by Crippen LogP contribution is 2.29. The molecule has 0 aliphatic carbocycles. The van der Waals surface area contributed by atoms with Crippen molar-refractivity contribution in [3.63, 3.8) is 0 Å². The van der Waals surface area contributed by atoms with Gasteiger partial charge in [0.05, 0.1) is 12.2 Å². The van der Waals surface area contributed by atoms with Crippen LogP contribution in [0.25, 0.3) is 6.08 Å². The highest BCUT2D eigenvalue weighted by atomic mass is 19.1. The fourth-order valence-corrected chi connectivity index (χ4v) is 3.57. The summed E-state index contributed by atoms with van der Waals surface area (Å²) < 4.78 is 20.4. The molecule has 2 aliphatic rings. The average Bonchev–Trinajstić information content (AvgIpc) is 3.14. The van der Waals surface area contributed by atoms with E-state index in [2.05, 4.69) is 10.3 Å². The second-order valence-corrected chi connectivity index (χ2v) is 7.35. The molecule has 1 saturated heterocycles. The second-order valence-electron chi connectivity index (χ2n) is 7.35. The molecule has 0 saturated carbocycles. The highest BCUT2D eigenvalue weighted by Gasteiger charge is 2.38. The van der Waals surface area contributed by atoms with Gasteiger partial charge in [-0.25, -0.2) is 14.2 Å². The number of anilines is 1. The molecule has 1 unspecified atom stereocenters. The van der Waals surface area contributed by atoms with Crippen LogP contribution < -0.4 is 5.32 Å². The molecule has 0 bridgehead atoms. The van der Waals surface area contributed by atoms with Gasteiger partial charge in [-0.15, -0.1) is 0 Å². The van der Waals surface area contributed by atoms with Crippen molar-refractivity contribution in [1.29, 1.82) is 0 Å². The molecule has 4 rings (SSSR count). The van der Waals surface area contributed by atoms with Crippen molar-refractivity contribution >= 4 is 18.0 Å². The van der Waals surface area contributed by atoms with Crippen LogP contribution in [0.3, 0.4) is 0 Å². The first-order valence-corrected chi connectivity index (χ1v) is 9.69. The van der Waals surface area contributed by atoms with Crippen LogP contribution in [0.2, 0.25) is 0 Å². The van der Waals surface area contributed by atoms with Crippen LogP contribution in [0, 0.1) is 0 Å². The molecule has 0 radical (unpaired) electrons. The van der Waals surface area contributed by atoms with E-state index in [0.29, 0.717) is 6.54 Å². The van der Waals surface area contributed by atoms with Crippen LogP contribution >= 0.6 is 0 Å². The third-order valence-corrected chi connectivity index (χ3v) is 5.18. The van der Waals surface area contributed by atoms with E-state index in [1.807, 2.05) is 42.5 Å². The predicted molar refractivity (Wildman–Crippen MR) is 107 cm³/mol. The smallest absolute Gasteiger partial charge is 0.410 e. The average molecular weight is 381 g/mol. The number of ether oxygens (including phenoxy) is 1. The SMILES string of the molecule is O=C(OCc1ccccc1)N1CCC(F)(C=Cc2ccc3c(n2)NCCC3)C1. The number of pyridine rings is 1. The summed E-state index contributed by atoms with van der Waals surface area (Å²) in [6, 6.07) is 13.4. The summed E-state index contributed by atoms with van der Waals surface area (Å²) >= 11 is 0. The van der Waals surface area contributed by atoms with Gasteiger partial charge in [0, 0.05) is 19.5 Å². The molecular formula is C22H24FN3O2. The third kappa shape index (κ3) is 4.32. The molecule has 5 nitrogen and oxygen atoms in total. The summed E-state index contributed by atoms with van der Waals surface area (Å²) in [5.74, 6) is 0.888. The number of likely N-dealkylation sites (tertiary alicyclic amines) is 1. The zero-order valence-corrected chi connectivity index (χ0v) is 15.7. The van der Waals surface area contributed by atoms with Gasteiger partial charge in [-0.3, -0.25) is 0 Å². The second kappa shape index (κ2) is 8.00. The van der Waals surface area contributed by atoms with E-state index in [0.717, 1.165) is 36.5 Å². The van der Waals surface area contributed by atoms with Crippen LogP contribution in [0.5, 0.6) is 0 Å². The van der Waals surface area contributed by atoms with E-state index in [1.54, 1.807) is 6.08 Å². The number of aryl methyl sites for hydroxylation is 1. The minimum Gasteiger partial charge on any atom is -0.445 e. The van der Waals surface area contributed by atoms with Gasteiger partial charge in [-0.05, 0) is 42.2 Å². The van der Waals surface area contributed by atoms with Crippen LogP contribution in [-0.2, 0) is 17.8 Å². The van der Waals surface area contributed by atoms with Gasteiger partial charge in [-0.1, -0.05) is 36.4 Å². The van der Waals surface area contributed by atoms with Gasteiger partial charge < -0.3 is 15.0 Å². The van der Waals surface area contributed by atoms with Crippen LogP contribution in [0.15, 0.2) is 48.5 Å². The minimum absolute atomic E-state index is 0.000311. The Morgan fingerprint density at radius 1 is 1.29 bits per heavy atom. The number of nitrogens with zero attached hydrogens (tertiary/aromatic N) is 2. The van der Waals surface area contributed by atoms with Crippen LogP contribution in [0.1, 0.15) is 29.7 Å². The molecule has 28 heavy (non-hydrogen) atoms. The lowest BCUT2D eigenvalue weighted by Gasteiger charge is -2.18. The molecule has 2 aliphatic heterocycles. The lowest BCUT2D eigenvalue weighted by molar-refractivity contribution is 0.0988. The monoisotopic (exact) mass is 381 g/mol. The highest BCUT2D eigenvalue weighted by molar-refractivity contribution is 5.68. The molecule has 0 spiro atoms. The molecular weight excluding hydrogens is 357 g/mol. The Morgan fingerprint density at radius 3 is 3.00 bits per heavy atom. The number of alkyl halides is 1. The van der Waals surface area contributed by atoms with Gasteiger partial charge in [0.2, 0.25) is 0 Å². The van der Waals surface area contributed by atoms with E-state index in [1.165, 1.54) is 16.5 Å². The Balaban J connectivity index is 1.34. The lowest BCUT2D eigenvalue weighted by atomic mass is 10.0. The summed E-state index contributed by atoms with van der Waals surface area (Å²) in [6.07, 6.45) is 5.13. The number of halogens is 1. The van der Waals surface area contributed by atoms with Crippen molar-refractivity contribution in [2.24, 2.45) is 0 Å². The van der Waals surface area contributed by atoms with Crippen LogP contribution in [-0.4, -0.2) is 41.3 Å². The van der Waals surface area contributed by atoms with Gasteiger partial charge in [-0.2, -0.15) is 0 Å². The molecule has 1 aromatic carbocycles. The zero-order chi connectivity index (χ0) is 19.4. The minimum atomic E-state index is -1.56. The fraction of sp³-hybridized carbons (Fsp3) is 0.364. The first-order chi connectivity index (χ1) is 13.6. The van der Waals surface area contributed by atoms with Gasteiger partial charge in [0.15, 0.2) is 0 Å². The van der Waals surface area contributed by atoms with E-state index < -0.39 is 11.8 Å². The van der Waals surface area contributed by atoms with Crippen molar-refractivity contribution in [2.45, 2.75) is 31.5 Å². The number of hydrogen-bond acceptors (Lipinski definition) is 4. The van der Waals surface area contributed by atoms with Crippen molar-refractivity contribution in [3.05, 3.63) is 65.4 Å². The normalized spacial score (nSPS) is 21.4. The van der Waals surface area contributed by atoms with Crippen molar-refractivity contribution in [2.75, 3.05) is 25.0 Å². The summed E-state index contributed by atoms with van der Waals surface area (Å²) in [4.78, 5) is 18.2. The van der Waals surface area contributed by atoms with Crippen molar-refractivity contribution in [1.82, 2.24) is 9.88 Å². The number of carbonyl (C=O) groups is 1. The number of rotatable bonds is 4. The topological polar surface area (TPSA) is 54.5 Å². The summed E-state index contributed by atoms with van der Waals surface area (Å²) in [7, 11) is 0. The van der Waals surface area contributed by atoms with E-state index in [9.17, 15) is 4.79 Å². The molecule has 1 atom stereocenters. The number of carbonyl (C=O) groups excluding carboxylic acids is 1. The maximum Gasteiger partial charge on any atom is 0.410 e. The number of amides is 1. The van der Waals surface area contributed by atoms with E-state index in [-0.39, 0.29) is 19.6 Å². The quantitative estimate of drug-likeness (QED) is 0.862. The largest absolute Gasteiger partial charge is 0.445 e. The van der Waals surface area contributed by atoms with Crippen molar-refractivity contribution < 1.29 is 13.9 Å². The molecule has 1 fully saturated rings. The number of nitrogens with one attached hydrogen (secondary N) is 1. The van der Waals surface area contributed by atoms with E-state index in [4.69, 9.17) is 4.74 Å². The molecule has 146 valence electrons. The Bertz CT molecular complexity index is 871. The molecule has 6 heteroatoms. The Morgan fingerprint density at radius 2 is 2.14 bits per heavy atom. The standard InChI is InChI=1S/C22H24FN3O2/c23-22(11-10-19-9-8-18-7-4-13-24-20(18)25-19)12-14-26(16-22)21(27)28-15-17-5-2-1-3-6-17/h1-3,5-6,8-11H,4,7,12-16H2,(H,24,25). The maximum absolute atomic E-state index is 15.1. The molecule has 1 aromatic heterocycles. The van der Waals surface area contributed by atoms with Crippen LogP contribution in [0.4, 0.5) is 15.0 Å². The Hall–Kier alpha value is -2.89. The molecule has 1 N–H and O–H groups in total. The van der Waals surface area contributed by atoms with Gasteiger partial charge >= 0.3 is 6.09 Å². The van der Waals surface area contributed by atoms with E-state index >= 15 is 4.39 Å². The van der Waals surface area contributed by atoms with Gasteiger partial charge in [0.1, 0.15) is 18.1 Å². The summed E-state index contributed by atoms with van der Waals surface area (Å²) in [5.41, 5.74) is 1.27. The maximum atomic E-state index is 15.1. The molecule has 2 aromatic rings. The Kier molecular flexibility index (Phi) is 5.28. The number of hydrogen-bond donors (Lipinski definition) is 1. The number of benzene rings is 1. The predicted octanol–water partition coefficient (Wildman–Crippen LogP) is 4.20. The molecule has 1 amide bonds. The zero-order valence-electron chi connectivity index (χ0n) is 15.7. The Labute approximate surface area is 164 Å². The third-order valence-electron chi connectivity index (χ3n) is 5.18. The lowest BCUT2D eigenvalue weighted by Crippen LogP contribution is -2.32. The number of aromatic nitrogens is 1.